The Balaban J connectivity index is 2.06. The minimum Gasteiger partial charge on any atom is -0.497 e. The first kappa shape index (κ1) is 14.6. The van der Waals surface area contributed by atoms with Crippen LogP contribution in [0.4, 0.5) is 0 Å². The molecule has 0 N–H and O–H groups in total. The molecule has 0 bridgehead atoms. The fourth-order valence-electron chi connectivity index (χ4n) is 1.64. The highest BCUT2D eigenvalue weighted by atomic mass is 32.2. The molecular formula is C15H16O4S. The summed E-state index contributed by atoms with van der Waals surface area (Å²) in [6, 6.07) is 13.6. The lowest BCUT2D eigenvalue weighted by Gasteiger charge is -2.07. The maximum atomic E-state index is 12.0. The third-order valence-electron chi connectivity index (χ3n) is 2.85. The molecule has 0 radical (unpaired) electrons. The van der Waals surface area contributed by atoms with Crippen molar-refractivity contribution in [3.63, 3.8) is 0 Å². The van der Waals surface area contributed by atoms with E-state index in [1.807, 2.05) is 6.92 Å². The van der Waals surface area contributed by atoms with Gasteiger partial charge >= 0.3 is 0 Å². The van der Waals surface area contributed by atoms with Gasteiger partial charge in [0.2, 0.25) is 0 Å². The van der Waals surface area contributed by atoms with E-state index in [2.05, 4.69) is 0 Å². The summed E-state index contributed by atoms with van der Waals surface area (Å²) in [5.74, 6) is 0.718. The van der Waals surface area contributed by atoms with Crippen LogP contribution in [0.3, 0.4) is 0 Å². The number of rotatable bonds is 5. The lowest BCUT2D eigenvalue weighted by molar-refractivity contribution is 0.308. The quantitative estimate of drug-likeness (QED) is 0.795. The van der Waals surface area contributed by atoms with Gasteiger partial charge in [0.15, 0.2) is 0 Å². The first-order valence-corrected chi connectivity index (χ1v) is 7.51. The molecule has 2 aromatic carbocycles. The highest BCUT2D eigenvalue weighted by Crippen LogP contribution is 2.17. The molecule has 0 saturated carbocycles. The second-order valence-corrected chi connectivity index (χ2v) is 5.99. The highest BCUT2D eigenvalue weighted by Gasteiger charge is 2.14. The van der Waals surface area contributed by atoms with Crippen molar-refractivity contribution in [3.05, 3.63) is 59.7 Å². The van der Waals surface area contributed by atoms with Gasteiger partial charge in [0.1, 0.15) is 5.75 Å². The van der Waals surface area contributed by atoms with Crippen LogP contribution >= 0.6 is 0 Å². The van der Waals surface area contributed by atoms with E-state index in [1.54, 1.807) is 55.6 Å². The Morgan fingerprint density at radius 2 is 1.55 bits per heavy atom. The van der Waals surface area contributed by atoms with Crippen LogP contribution < -0.4 is 4.74 Å². The largest absolute Gasteiger partial charge is 0.497 e. The fraction of sp³-hybridized carbons (Fsp3) is 0.200. The first-order chi connectivity index (χ1) is 9.51. The summed E-state index contributed by atoms with van der Waals surface area (Å²) in [5, 5.41) is 0. The van der Waals surface area contributed by atoms with Crippen LogP contribution in [0.1, 0.15) is 11.1 Å². The van der Waals surface area contributed by atoms with Gasteiger partial charge in [-0.3, -0.25) is 4.18 Å². The second kappa shape index (κ2) is 6.07. The minimum absolute atomic E-state index is 0.000202. The standard InChI is InChI=1S/C15H16O4S/c1-12-3-9-15(10-4-12)20(16,17)19-11-13-5-7-14(18-2)8-6-13/h3-10H,11H2,1-2H3. The molecule has 0 heterocycles. The molecule has 0 unspecified atom stereocenters. The zero-order valence-electron chi connectivity index (χ0n) is 11.4. The molecule has 0 atom stereocenters. The molecule has 0 fully saturated rings. The number of ether oxygens (including phenoxy) is 1. The SMILES string of the molecule is COc1ccc(COS(=O)(=O)c2ccc(C)cc2)cc1. The lowest BCUT2D eigenvalue weighted by Crippen LogP contribution is -2.06. The molecule has 0 aromatic heterocycles. The van der Waals surface area contributed by atoms with Crippen molar-refractivity contribution in [2.45, 2.75) is 18.4 Å². The third kappa shape index (κ3) is 3.59. The molecule has 0 amide bonds. The molecular weight excluding hydrogens is 276 g/mol. The van der Waals surface area contributed by atoms with Crippen LogP contribution in [-0.2, 0) is 20.9 Å². The summed E-state index contributed by atoms with van der Waals surface area (Å²) < 4.78 is 34.1. The van der Waals surface area contributed by atoms with E-state index in [0.717, 1.165) is 16.9 Å². The summed E-state index contributed by atoms with van der Waals surface area (Å²) >= 11 is 0. The van der Waals surface area contributed by atoms with E-state index in [-0.39, 0.29) is 11.5 Å². The molecule has 0 aliphatic rings. The molecule has 20 heavy (non-hydrogen) atoms. The number of hydrogen-bond acceptors (Lipinski definition) is 4. The molecule has 0 aliphatic carbocycles. The zero-order chi connectivity index (χ0) is 14.6. The van der Waals surface area contributed by atoms with Gasteiger partial charge in [-0.2, -0.15) is 8.42 Å². The number of hydrogen-bond donors (Lipinski definition) is 0. The Labute approximate surface area is 119 Å². The number of methoxy groups -OCH3 is 1. The monoisotopic (exact) mass is 292 g/mol. The van der Waals surface area contributed by atoms with Crippen LogP contribution in [0, 0.1) is 6.92 Å². The van der Waals surface area contributed by atoms with Gasteiger partial charge in [-0.05, 0) is 36.8 Å². The summed E-state index contributed by atoms with van der Waals surface area (Å²) in [7, 11) is -2.15. The molecule has 4 nitrogen and oxygen atoms in total. The molecule has 106 valence electrons. The van der Waals surface area contributed by atoms with E-state index in [9.17, 15) is 8.42 Å². The van der Waals surface area contributed by atoms with Crippen LogP contribution in [0.5, 0.6) is 5.75 Å². The van der Waals surface area contributed by atoms with E-state index in [4.69, 9.17) is 8.92 Å². The second-order valence-electron chi connectivity index (χ2n) is 4.38. The Morgan fingerprint density at radius 1 is 0.950 bits per heavy atom. The van der Waals surface area contributed by atoms with Gasteiger partial charge in [-0.25, -0.2) is 0 Å². The molecule has 0 aliphatic heterocycles. The van der Waals surface area contributed by atoms with Gasteiger partial charge in [-0.15, -0.1) is 0 Å². The summed E-state index contributed by atoms with van der Waals surface area (Å²) in [4.78, 5) is 0.164. The van der Waals surface area contributed by atoms with E-state index in [1.165, 1.54) is 0 Å². The van der Waals surface area contributed by atoms with Crippen molar-refractivity contribution in [3.8, 4) is 5.75 Å². The topological polar surface area (TPSA) is 52.6 Å². The van der Waals surface area contributed by atoms with Crippen molar-refractivity contribution in [2.75, 3.05) is 7.11 Å². The van der Waals surface area contributed by atoms with Crippen LogP contribution in [0.25, 0.3) is 0 Å². The Bertz CT molecular complexity index is 658. The Kier molecular flexibility index (Phi) is 4.42. The first-order valence-electron chi connectivity index (χ1n) is 6.10. The van der Waals surface area contributed by atoms with Gasteiger partial charge in [0.05, 0.1) is 18.6 Å². The summed E-state index contributed by atoms with van der Waals surface area (Å²) in [6.45, 7) is 1.90. The predicted octanol–water partition coefficient (Wildman–Crippen LogP) is 2.91. The molecule has 0 spiro atoms. The average Bonchev–Trinajstić information content (AvgIpc) is 2.46. The summed E-state index contributed by atoms with van der Waals surface area (Å²) in [6.07, 6.45) is 0. The van der Waals surface area contributed by atoms with Crippen molar-refractivity contribution < 1.29 is 17.3 Å². The third-order valence-corrected chi connectivity index (χ3v) is 4.13. The summed E-state index contributed by atoms with van der Waals surface area (Å²) in [5.41, 5.74) is 1.76. The Morgan fingerprint density at radius 3 is 2.10 bits per heavy atom. The number of aryl methyl sites for hydroxylation is 1. The van der Waals surface area contributed by atoms with Gasteiger partial charge in [0, 0.05) is 0 Å². The molecule has 0 saturated heterocycles. The van der Waals surface area contributed by atoms with Gasteiger partial charge in [-0.1, -0.05) is 29.8 Å². The van der Waals surface area contributed by atoms with Crippen molar-refractivity contribution in [1.82, 2.24) is 0 Å². The molecule has 5 heteroatoms. The molecule has 2 rings (SSSR count). The van der Waals surface area contributed by atoms with Gasteiger partial charge < -0.3 is 4.74 Å². The van der Waals surface area contributed by atoms with Gasteiger partial charge in [0.25, 0.3) is 10.1 Å². The average molecular weight is 292 g/mol. The smallest absolute Gasteiger partial charge is 0.297 e. The highest BCUT2D eigenvalue weighted by molar-refractivity contribution is 7.86. The van der Waals surface area contributed by atoms with Crippen LogP contribution in [0.15, 0.2) is 53.4 Å². The van der Waals surface area contributed by atoms with Crippen LogP contribution in [-0.4, -0.2) is 15.5 Å². The van der Waals surface area contributed by atoms with Crippen LogP contribution in [0.2, 0.25) is 0 Å². The van der Waals surface area contributed by atoms with E-state index >= 15 is 0 Å². The Hall–Kier alpha value is -1.85. The maximum absolute atomic E-state index is 12.0. The minimum atomic E-state index is -3.72. The van der Waals surface area contributed by atoms with Crippen molar-refractivity contribution in [1.29, 1.82) is 0 Å². The zero-order valence-corrected chi connectivity index (χ0v) is 12.2. The maximum Gasteiger partial charge on any atom is 0.297 e. The van der Waals surface area contributed by atoms with E-state index < -0.39 is 10.1 Å². The van der Waals surface area contributed by atoms with Crippen molar-refractivity contribution >= 4 is 10.1 Å². The number of benzene rings is 2. The normalized spacial score (nSPS) is 11.3. The molecule has 2 aromatic rings. The van der Waals surface area contributed by atoms with Crippen molar-refractivity contribution in [2.24, 2.45) is 0 Å². The lowest BCUT2D eigenvalue weighted by atomic mass is 10.2. The van der Waals surface area contributed by atoms with E-state index in [0.29, 0.717) is 0 Å². The predicted molar refractivity (Wildman–Crippen MR) is 76.1 cm³/mol. The fourth-order valence-corrected chi connectivity index (χ4v) is 2.54.